The highest BCUT2D eigenvalue weighted by atomic mass is 32.1. The SMILES string of the molecule is Cc1cc(C(=O)N2CCC[C@H](c3nc(-c4cccs4)cc(C(F)(F)F)n3)C2)on1. The minimum atomic E-state index is -4.58. The first-order valence-electron chi connectivity index (χ1n) is 9.04. The number of alkyl halides is 3. The lowest BCUT2D eigenvalue weighted by Crippen LogP contribution is -2.39. The lowest BCUT2D eigenvalue weighted by Gasteiger charge is -2.31. The first kappa shape index (κ1) is 19.6. The summed E-state index contributed by atoms with van der Waals surface area (Å²) in [4.78, 5) is 23.1. The van der Waals surface area contributed by atoms with Gasteiger partial charge in [0.05, 0.1) is 16.3 Å². The van der Waals surface area contributed by atoms with E-state index in [0.717, 1.165) is 6.07 Å². The minimum Gasteiger partial charge on any atom is -0.351 e. The van der Waals surface area contributed by atoms with Crippen molar-refractivity contribution in [3.8, 4) is 10.6 Å². The average Bonchev–Trinajstić information content (AvgIpc) is 3.38. The van der Waals surface area contributed by atoms with E-state index in [0.29, 0.717) is 30.0 Å². The van der Waals surface area contributed by atoms with E-state index in [1.807, 2.05) is 0 Å². The molecule has 0 saturated carbocycles. The smallest absolute Gasteiger partial charge is 0.351 e. The molecular weight excluding hydrogens is 405 g/mol. The van der Waals surface area contributed by atoms with Crippen LogP contribution in [-0.2, 0) is 6.18 Å². The quantitative estimate of drug-likeness (QED) is 0.620. The molecular formula is C19H17F3N4O2S. The second-order valence-corrected chi connectivity index (χ2v) is 7.84. The highest BCUT2D eigenvalue weighted by Gasteiger charge is 2.36. The van der Waals surface area contributed by atoms with Gasteiger partial charge in [0, 0.05) is 25.1 Å². The van der Waals surface area contributed by atoms with Gasteiger partial charge in [0.2, 0.25) is 5.76 Å². The molecule has 29 heavy (non-hydrogen) atoms. The molecule has 10 heteroatoms. The Kier molecular flexibility index (Phi) is 5.12. The van der Waals surface area contributed by atoms with Crippen LogP contribution in [0.2, 0.25) is 0 Å². The van der Waals surface area contributed by atoms with Crippen LogP contribution < -0.4 is 0 Å². The van der Waals surface area contributed by atoms with Crippen LogP contribution in [-0.4, -0.2) is 39.0 Å². The van der Waals surface area contributed by atoms with Gasteiger partial charge < -0.3 is 9.42 Å². The van der Waals surface area contributed by atoms with Gasteiger partial charge in [-0.2, -0.15) is 13.2 Å². The molecule has 1 aliphatic rings. The number of aromatic nitrogens is 3. The maximum absolute atomic E-state index is 13.4. The zero-order chi connectivity index (χ0) is 20.6. The molecule has 0 radical (unpaired) electrons. The molecule has 1 fully saturated rings. The molecule has 0 spiro atoms. The van der Waals surface area contributed by atoms with Crippen molar-refractivity contribution in [2.45, 2.75) is 31.9 Å². The molecule has 0 N–H and O–H groups in total. The lowest BCUT2D eigenvalue weighted by atomic mass is 9.96. The lowest BCUT2D eigenvalue weighted by molar-refractivity contribution is -0.141. The van der Waals surface area contributed by atoms with Gasteiger partial charge in [0.25, 0.3) is 5.91 Å². The Morgan fingerprint density at radius 3 is 2.79 bits per heavy atom. The number of carbonyl (C=O) groups is 1. The number of aryl methyl sites for hydroxylation is 1. The Labute approximate surface area is 168 Å². The summed E-state index contributed by atoms with van der Waals surface area (Å²) in [5, 5.41) is 5.50. The predicted octanol–water partition coefficient (Wildman–Crippen LogP) is 4.54. The van der Waals surface area contributed by atoms with Crippen LogP contribution >= 0.6 is 11.3 Å². The molecule has 0 aromatic carbocycles. The molecule has 0 bridgehead atoms. The van der Waals surface area contributed by atoms with Crippen molar-refractivity contribution in [1.82, 2.24) is 20.0 Å². The van der Waals surface area contributed by atoms with Crippen molar-refractivity contribution < 1.29 is 22.5 Å². The zero-order valence-corrected chi connectivity index (χ0v) is 16.3. The van der Waals surface area contributed by atoms with Crippen LogP contribution in [0.15, 0.2) is 34.2 Å². The predicted molar refractivity (Wildman–Crippen MR) is 99.5 cm³/mol. The number of nitrogens with zero attached hydrogens (tertiary/aromatic N) is 4. The second-order valence-electron chi connectivity index (χ2n) is 6.89. The van der Waals surface area contributed by atoms with Gasteiger partial charge in [-0.1, -0.05) is 11.2 Å². The fourth-order valence-electron chi connectivity index (χ4n) is 3.34. The molecule has 1 saturated heterocycles. The summed E-state index contributed by atoms with van der Waals surface area (Å²) in [6.07, 6.45) is -3.34. The van der Waals surface area contributed by atoms with Gasteiger partial charge in [0.1, 0.15) is 11.5 Å². The number of likely N-dealkylation sites (tertiary alicyclic amines) is 1. The number of rotatable bonds is 3. The third-order valence-electron chi connectivity index (χ3n) is 4.72. The van der Waals surface area contributed by atoms with Crippen molar-refractivity contribution in [3.05, 3.63) is 52.6 Å². The summed E-state index contributed by atoms with van der Waals surface area (Å²) in [7, 11) is 0. The maximum atomic E-state index is 13.4. The number of amides is 1. The Bertz CT molecular complexity index is 1020. The summed E-state index contributed by atoms with van der Waals surface area (Å²) in [6.45, 7) is 2.43. The first-order chi connectivity index (χ1) is 13.8. The average molecular weight is 422 g/mol. The molecule has 0 aliphatic carbocycles. The molecule has 1 aliphatic heterocycles. The molecule has 1 atom stereocenters. The molecule has 3 aromatic rings. The molecule has 3 aromatic heterocycles. The fraction of sp³-hybridized carbons (Fsp3) is 0.368. The van der Waals surface area contributed by atoms with E-state index >= 15 is 0 Å². The summed E-state index contributed by atoms with van der Waals surface area (Å²) in [5.41, 5.74) is -0.143. The van der Waals surface area contributed by atoms with Crippen molar-refractivity contribution in [2.75, 3.05) is 13.1 Å². The van der Waals surface area contributed by atoms with E-state index in [2.05, 4.69) is 15.1 Å². The van der Waals surface area contributed by atoms with Crippen LogP contribution in [0.5, 0.6) is 0 Å². The standard InChI is InChI=1S/C19H17F3N4O2S/c1-11-8-14(28-25-11)18(27)26-6-2-4-12(10-26)17-23-13(15-5-3-7-29-15)9-16(24-17)19(20,21)22/h3,5,7-9,12H,2,4,6,10H2,1H3/t12-/m0/s1. The van der Waals surface area contributed by atoms with E-state index < -0.39 is 17.8 Å². The summed E-state index contributed by atoms with van der Waals surface area (Å²) in [5.74, 6) is -0.500. The first-order valence-corrected chi connectivity index (χ1v) is 9.92. The van der Waals surface area contributed by atoms with E-state index in [-0.39, 0.29) is 29.7 Å². The number of hydrogen-bond acceptors (Lipinski definition) is 6. The minimum absolute atomic E-state index is 0.106. The summed E-state index contributed by atoms with van der Waals surface area (Å²) >= 11 is 1.31. The van der Waals surface area contributed by atoms with Crippen molar-refractivity contribution in [1.29, 1.82) is 0 Å². The normalized spacial score (nSPS) is 17.5. The molecule has 4 rings (SSSR count). The van der Waals surface area contributed by atoms with E-state index in [4.69, 9.17) is 4.52 Å². The van der Waals surface area contributed by atoms with Crippen LogP contribution in [0, 0.1) is 6.92 Å². The van der Waals surface area contributed by atoms with Crippen LogP contribution in [0.1, 0.15) is 46.5 Å². The number of carbonyl (C=O) groups excluding carboxylic acids is 1. The largest absolute Gasteiger partial charge is 0.433 e. The topological polar surface area (TPSA) is 72.1 Å². The monoisotopic (exact) mass is 422 g/mol. The van der Waals surface area contributed by atoms with Crippen molar-refractivity contribution in [2.24, 2.45) is 0 Å². The number of piperidine rings is 1. The van der Waals surface area contributed by atoms with E-state index in [9.17, 15) is 18.0 Å². The maximum Gasteiger partial charge on any atom is 0.433 e. The van der Waals surface area contributed by atoms with Crippen molar-refractivity contribution >= 4 is 17.2 Å². The van der Waals surface area contributed by atoms with Gasteiger partial charge in [-0.3, -0.25) is 4.79 Å². The van der Waals surface area contributed by atoms with Crippen LogP contribution in [0.4, 0.5) is 13.2 Å². The van der Waals surface area contributed by atoms with Crippen LogP contribution in [0.25, 0.3) is 10.6 Å². The van der Waals surface area contributed by atoms with Gasteiger partial charge in [-0.15, -0.1) is 11.3 Å². The molecule has 152 valence electrons. The third-order valence-corrected chi connectivity index (χ3v) is 5.61. The molecule has 0 unspecified atom stereocenters. The Hall–Kier alpha value is -2.75. The second kappa shape index (κ2) is 7.58. The third kappa shape index (κ3) is 4.16. The Balaban J connectivity index is 1.64. The van der Waals surface area contributed by atoms with E-state index in [1.165, 1.54) is 11.3 Å². The van der Waals surface area contributed by atoms with Crippen LogP contribution in [0.3, 0.4) is 0 Å². The van der Waals surface area contributed by atoms with Gasteiger partial charge in [-0.25, -0.2) is 9.97 Å². The van der Waals surface area contributed by atoms with Gasteiger partial charge in [0.15, 0.2) is 0 Å². The summed E-state index contributed by atoms with van der Waals surface area (Å²) in [6, 6.07) is 6.00. The number of halogens is 3. The molecule has 4 heterocycles. The highest BCUT2D eigenvalue weighted by molar-refractivity contribution is 7.13. The van der Waals surface area contributed by atoms with Gasteiger partial charge in [-0.05, 0) is 37.3 Å². The zero-order valence-electron chi connectivity index (χ0n) is 15.4. The number of hydrogen-bond donors (Lipinski definition) is 0. The van der Waals surface area contributed by atoms with Gasteiger partial charge >= 0.3 is 6.18 Å². The number of thiophene rings is 1. The van der Waals surface area contributed by atoms with Crippen molar-refractivity contribution in [3.63, 3.8) is 0 Å². The highest BCUT2D eigenvalue weighted by Crippen LogP contribution is 2.34. The Morgan fingerprint density at radius 1 is 1.31 bits per heavy atom. The Morgan fingerprint density at radius 2 is 2.14 bits per heavy atom. The summed E-state index contributed by atoms with van der Waals surface area (Å²) < 4.78 is 45.3. The van der Waals surface area contributed by atoms with E-state index in [1.54, 1.807) is 35.4 Å². The molecule has 6 nitrogen and oxygen atoms in total. The molecule has 1 amide bonds. The fourth-order valence-corrected chi connectivity index (χ4v) is 4.02.